The van der Waals surface area contributed by atoms with E-state index in [-0.39, 0.29) is 40.5 Å². The minimum Gasteiger partial charge on any atom is -0.373 e. The number of ether oxygens (including phenoxy) is 2. The molecule has 3 aliphatic heterocycles. The van der Waals surface area contributed by atoms with Crippen LogP contribution in [0.5, 0.6) is 0 Å². The monoisotopic (exact) mass is 429 g/mol. The Morgan fingerprint density at radius 3 is 2.86 bits per heavy atom. The Kier molecular flexibility index (Phi) is 6.34. The fraction of sp³-hybridized carbons (Fsp3) is 0.722. The summed E-state index contributed by atoms with van der Waals surface area (Å²) in [5.74, 6) is -0.326. The van der Waals surface area contributed by atoms with Crippen LogP contribution in [0, 0.1) is 0 Å². The molecule has 2 N–H and O–H groups in total. The maximum Gasteiger partial charge on any atom is 0.262 e. The summed E-state index contributed by atoms with van der Waals surface area (Å²) >= 11 is 1.16. The van der Waals surface area contributed by atoms with Crippen molar-refractivity contribution in [3.8, 4) is 0 Å². The summed E-state index contributed by atoms with van der Waals surface area (Å²) in [5, 5.41) is 7.94. The number of amides is 1. The van der Waals surface area contributed by atoms with E-state index in [1.807, 2.05) is 0 Å². The SMILES string of the molecule is O=C(NC[C@H]1CCCCN1)c1sccc1S(=O)(=O)N1CC[C@@H]2OCCO[C@H]2C1. The number of sulfonamides is 1. The number of hydrogen-bond donors (Lipinski definition) is 2. The lowest BCUT2D eigenvalue weighted by Gasteiger charge is -2.40. The first-order valence-corrected chi connectivity index (χ1v) is 12.2. The molecule has 4 heterocycles. The number of carbonyl (C=O) groups excluding carboxylic acids is 1. The zero-order valence-electron chi connectivity index (χ0n) is 15.8. The van der Waals surface area contributed by atoms with Gasteiger partial charge < -0.3 is 20.1 Å². The molecule has 0 bridgehead atoms. The molecule has 8 nitrogen and oxygen atoms in total. The number of thiophene rings is 1. The standard InChI is InChI=1S/C18H27N3O5S2/c22-18(20-11-13-3-1-2-6-19-13)17-16(5-10-27-17)28(23,24)21-7-4-14-15(12-21)26-9-8-25-14/h5,10,13-15,19H,1-4,6-9,11-12H2,(H,20,22)/t13-,14+,15+/m1/s1. The van der Waals surface area contributed by atoms with Crippen LogP contribution < -0.4 is 10.6 Å². The third-order valence-electron chi connectivity index (χ3n) is 5.58. The van der Waals surface area contributed by atoms with Gasteiger partial charge >= 0.3 is 0 Å². The summed E-state index contributed by atoms with van der Waals surface area (Å²) in [5.41, 5.74) is 0. The molecule has 1 aromatic rings. The molecule has 10 heteroatoms. The molecule has 1 aromatic heterocycles. The van der Waals surface area contributed by atoms with Crippen molar-refractivity contribution in [2.75, 3.05) is 39.4 Å². The van der Waals surface area contributed by atoms with E-state index in [2.05, 4.69) is 10.6 Å². The van der Waals surface area contributed by atoms with Crippen LogP contribution in [-0.4, -0.2) is 76.3 Å². The van der Waals surface area contributed by atoms with Crippen LogP contribution in [0.3, 0.4) is 0 Å². The van der Waals surface area contributed by atoms with Gasteiger partial charge in [0.1, 0.15) is 9.77 Å². The number of hydrogen-bond acceptors (Lipinski definition) is 7. The quantitative estimate of drug-likeness (QED) is 0.719. The Balaban J connectivity index is 1.43. The summed E-state index contributed by atoms with van der Waals surface area (Å²) in [6.07, 6.45) is 3.63. The Morgan fingerprint density at radius 2 is 2.07 bits per heavy atom. The summed E-state index contributed by atoms with van der Waals surface area (Å²) in [6, 6.07) is 1.78. The fourth-order valence-electron chi connectivity index (χ4n) is 4.03. The predicted octanol–water partition coefficient (Wildman–Crippen LogP) is 0.798. The van der Waals surface area contributed by atoms with E-state index < -0.39 is 10.0 Å². The summed E-state index contributed by atoms with van der Waals surface area (Å²) < 4.78 is 39.2. The van der Waals surface area contributed by atoms with Gasteiger partial charge in [0.15, 0.2) is 0 Å². The van der Waals surface area contributed by atoms with Crippen LogP contribution in [0.25, 0.3) is 0 Å². The van der Waals surface area contributed by atoms with Crippen LogP contribution in [0.15, 0.2) is 16.3 Å². The van der Waals surface area contributed by atoms with Gasteiger partial charge in [0.25, 0.3) is 5.91 Å². The first-order valence-electron chi connectivity index (χ1n) is 9.88. The Bertz CT molecular complexity index is 791. The predicted molar refractivity (Wildman–Crippen MR) is 105 cm³/mol. The van der Waals surface area contributed by atoms with Crippen molar-refractivity contribution in [1.29, 1.82) is 0 Å². The number of piperidine rings is 2. The van der Waals surface area contributed by atoms with Gasteiger partial charge in [-0.2, -0.15) is 4.31 Å². The second-order valence-corrected chi connectivity index (χ2v) is 10.3. The van der Waals surface area contributed by atoms with E-state index in [1.165, 1.54) is 10.4 Å². The topological polar surface area (TPSA) is 97.0 Å². The number of fused-ring (bicyclic) bond motifs is 1. The van der Waals surface area contributed by atoms with Crippen LogP contribution in [0.4, 0.5) is 0 Å². The van der Waals surface area contributed by atoms with E-state index in [0.717, 1.165) is 37.1 Å². The number of carbonyl (C=O) groups is 1. The molecule has 3 aliphatic rings. The van der Waals surface area contributed by atoms with Gasteiger partial charge in [0, 0.05) is 25.7 Å². The Labute approximate surface area is 169 Å². The molecule has 0 aromatic carbocycles. The first-order chi connectivity index (χ1) is 13.6. The lowest BCUT2D eigenvalue weighted by molar-refractivity contribution is -0.157. The van der Waals surface area contributed by atoms with Gasteiger partial charge in [-0.3, -0.25) is 4.79 Å². The van der Waals surface area contributed by atoms with Crippen LogP contribution in [0.1, 0.15) is 35.4 Å². The van der Waals surface area contributed by atoms with Crippen LogP contribution in [0.2, 0.25) is 0 Å². The van der Waals surface area contributed by atoms with Crippen molar-refractivity contribution in [3.05, 3.63) is 16.3 Å². The van der Waals surface area contributed by atoms with Crippen molar-refractivity contribution in [2.45, 2.75) is 48.8 Å². The highest BCUT2D eigenvalue weighted by Crippen LogP contribution is 2.29. The molecule has 28 heavy (non-hydrogen) atoms. The molecule has 0 unspecified atom stereocenters. The molecule has 4 rings (SSSR count). The van der Waals surface area contributed by atoms with Crippen molar-refractivity contribution in [2.24, 2.45) is 0 Å². The molecule has 3 fully saturated rings. The Hall–Kier alpha value is -1.04. The minimum absolute atomic E-state index is 0.0477. The summed E-state index contributed by atoms with van der Waals surface area (Å²) in [6.45, 7) is 3.14. The van der Waals surface area contributed by atoms with Crippen molar-refractivity contribution in [3.63, 3.8) is 0 Å². The average Bonchev–Trinajstić information content (AvgIpc) is 3.23. The lowest BCUT2D eigenvalue weighted by Crippen LogP contribution is -2.53. The first kappa shape index (κ1) is 20.2. The van der Waals surface area contributed by atoms with Gasteiger partial charge in [0.05, 0.1) is 25.4 Å². The largest absolute Gasteiger partial charge is 0.373 e. The van der Waals surface area contributed by atoms with Gasteiger partial charge in [-0.25, -0.2) is 8.42 Å². The smallest absolute Gasteiger partial charge is 0.262 e. The van der Waals surface area contributed by atoms with E-state index in [0.29, 0.717) is 32.7 Å². The third kappa shape index (κ3) is 4.27. The second-order valence-electron chi connectivity index (χ2n) is 7.44. The normalized spacial score (nSPS) is 29.2. The highest BCUT2D eigenvalue weighted by molar-refractivity contribution is 7.89. The molecule has 0 aliphatic carbocycles. The lowest BCUT2D eigenvalue weighted by atomic mass is 10.1. The molecule has 1 amide bonds. The van der Waals surface area contributed by atoms with Crippen LogP contribution in [-0.2, 0) is 19.5 Å². The van der Waals surface area contributed by atoms with E-state index in [1.54, 1.807) is 5.38 Å². The highest BCUT2D eigenvalue weighted by atomic mass is 32.2. The Morgan fingerprint density at radius 1 is 1.25 bits per heavy atom. The van der Waals surface area contributed by atoms with Crippen molar-refractivity contribution < 1.29 is 22.7 Å². The number of nitrogens with zero attached hydrogens (tertiary/aromatic N) is 1. The van der Waals surface area contributed by atoms with Crippen molar-refractivity contribution in [1.82, 2.24) is 14.9 Å². The van der Waals surface area contributed by atoms with Gasteiger partial charge in [0.2, 0.25) is 10.0 Å². The van der Waals surface area contributed by atoms with Gasteiger partial charge in [-0.05, 0) is 37.3 Å². The molecule has 3 saturated heterocycles. The maximum absolute atomic E-state index is 13.2. The number of rotatable bonds is 5. The zero-order valence-corrected chi connectivity index (χ0v) is 17.4. The highest BCUT2D eigenvalue weighted by Gasteiger charge is 2.39. The summed E-state index contributed by atoms with van der Waals surface area (Å²) in [7, 11) is -3.76. The van der Waals surface area contributed by atoms with Gasteiger partial charge in [-0.15, -0.1) is 11.3 Å². The zero-order chi connectivity index (χ0) is 19.6. The second kappa shape index (κ2) is 8.76. The molecular formula is C18H27N3O5S2. The van der Waals surface area contributed by atoms with E-state index in [9.17, 15) is 13.2 Å². The maximum atomic E-state index is 13.2. The minimum atomic E-state index is -3.76. The summed E-state index contributed by atoms with van der Waals surface area (Å²) in [4.78, 5) is 13.0. The molecular weight excluding hydrogens is 402 g/mol. The van der Waals surface area contributed by atoms with Crippen LogP contribution >= 0.6 is 11.3 Å². The van der Waals surface area contributed by atoms with Crippen molar-refractivity contribution >= 4 is 27.3 Å². The fourth-order valence-corrected chi connectivity index (χ4v) is 6.82. The molecule has 3 atom stereocenters. The average molecular weight is 430 g/mol. The molecule has 0 spiro atoms. The van der Waals surface area contributed by atoms with Gasteiger partial charge in [-0.1, -0.05) is 6.42 Å². The number of nitrogens with one attached hydrogen (secondary N) is 2. The molecule has 0 radical (unpaired) electrons. The molecule has 156 valence electrons. The third-order valence-corrected chi connectivity index (χ3v) is 8.53. The van der Waals surface area contributed by atoms with E-state index in [4.69, 9.17) is 9.47 Å². The van der Waals surface area contributed by atoms with E-state index >= 15 is 0 Å². The molecule has 0 saturated carbocycles.